The molecule has 0 spiro atoms. The van der Waals surface area contributed by atoms with Gasteiger partial charge in [-0.05, 0) is 35.4 Å². The predicted octanol–water partition coefficient (Wildman–Crippen LogP) is 4.28. The van der Waals surface area contributed by atoms with Gasteiger partial charge in [-0.2, -0.15) is 16.9 Å². The van der Waals surface area contributed by atoms with E-state index in [-0.39, 0.29) is 5.91 Å². The minimum absolute atomic E-state index is 0.235. The molecule has 1 amide bonds. The molecule has 0 saturated heterocycles. The maximum atomic E-state index is 12.1. The molecule has 0 unspecified atom stereocenters. The third-order valence-corrected chi connectivity index (χ3v) is 4.72. The highest BCUT2D eigenvalue weighted by Crippen LogP contribution is 2.18. The van der Waals surface area contributed by atoms with Gasteiger partial charge in [0.25, 0.3) is 5.91 Å². The van der Waals surface area contributed by atoms with Crippen LogP contribution in [0, 0.1) is 0 Å². The molecule has 0 saturated carbocycles. The minimum Gasteiger partial charge on any atom is -0.267 e. The van der Waals surface area contributed by atoms with E-state index in [0.29, 0.717) is 11.3 Å². The highest BCUT2D eigenvalue weighted by Gasteiger charge is 2.04. The van der Waals surface area contributed by atoms with Crippen molar-refractivity contribution in [2.24, 2.45) is 5.10 Å². The Hall–Kier alpha value is -2.92. The molecule has 0 radical (unpaired) electrons. The van der Waals surface area contributed by atoms with E-state index < -0.39 is 0 Å². The summed E-state index contributed by atoms with van der Waals surface area (Å²) in [6, 6.07) is 23.5. The van der Waals surface area contributed by atoms with E-state index in [1.807, 2.05) is 60.3 Å². The largest absolute Gasteiger partial charge is 0.271 e. The number of aromatic nitrogens is 1. The molecule has 130 valence electrons. The Kier molecular flexibility index (Phi) is 6.56. The van der Waals surface area contributed by atoms with Gasteiger partial charge in [0.15, 0.2) is 0 Å². The van der Waals surface area contributed by atoms with Crippen LogP contribution < -0.4 is 5.43 Å². The summed E-state index contributed by atoms with van der Waals surface area (Å²) in [5.74, 6) is 1.65. The lowest BCUT2D eigenvalue weighted by molar-refractivity contribution is 0.0955. The van der Waals surface area contributed by atoms with Crippen molar-refractivity contribution in [3.63, 3.8) is 0 Å². The SMILES string of the molecule is O=C(N/N=C\c1ccccn1)c1ccc(CSCc2ccccc2)cc1. The average Bonchev–Trinajstić information content (AvgIpc) is 2.70. The third kappa shape index (κ3) is 5.57. The number of benzene rings is 2. The molecule has 3 rings (SSSR count). The summed E-state index contributed by atoms with van der Waals surface area (Å²) in [7, 11) is 0. The summed E-state index contributed by atoms with van der Waals surface area (Å²) < 4.78 is 0. The number of nitrogens with zero attached hydrogens (tertiary/aromatic N) is 2. The third-order valence-electron chi connectivity index (χ3n) is 3.65. The van der Waals surface area contributed by atoms with Gasteiger partial charge in [0.1, 0.15) is 0 Å². The average molecular weight is 361 g/mol. The molecular formula is C21H19N3OS. The second kappa shape index (κ2) is 9.53. The van der Waals surface area contributed by atoms with Crippen molar-refractivity contribution in [1.29, 1.82) is 0 Å². The summed E-state index contributed by atoms with van der Waals surface area (Å²) in [6.45, 7) is 0. The molecule has 0 aliphatic carbocycles. The summed E-state index contributed by atoms with van der Waals surface area (Å²) in [5.41, 5.74) is 6.31. The van der Waals surface area contributed by atoms with Crippen molar-refractivity contribution in [3.8, 4) is 0 Å². The molecule has 5 heteroatoms. The van der Waals surface area contributed by atoms with E-state index in [1.54, 1.807) is 6.20 Å². The second-order valence-electron chi connectivity index (χ2n) is 5.63. The standard InChI is InChI=1S/C21H19N3OS/c25-21(24-23-14-20-8-4-5-13-22-20)19-11-9-18(10-12-19)16-26-15-17-6-2-1-3-7-17/h1-14H,15-16H2,(H,24,25)/b23-14-. The van der Waals surface area contributed by atoms with Crippen LogP contribution >= 0.6 is 11.8 Å². The molecule has 4 nitrogen and oxygen atoms in total. The lowest BCUT2D eigenvalue weighted by Gasteiger charge is -2.04. The van der Waals surface area contributed by atoms with Crippen molar-refractivity contribution >= 4 is 23.9 Å². The van der Waals surface area contributed by atoms with Gasteiger partial charge in [0.05, 0.1) is 11.9 Å². The van der Waals surface area contributed by atoms with Gasteiger partial charge >= 0.3 is 0 Å². The van der Waals surface area contributed by atoms with Crippen molar-refractivity contribution in [2.45, 2.75) is 11.5 Å². The van der Waals surface area contributed by atoms with Gasteiger partial charge < -0.3 is 0 Å². The first-order chi connectivity index (χ1) is 12.8. The Bertz CT molecular complexity index is 849. The van der Waals surface area contributed by atoms with E-state index in [0.717, 1.165) is 11.5 Å². The number of rotatable bonds is 7. The lowest BCUT2D eigenvalue weighted by Crippen LogP contribution is -2.17. The van der Waals surface area contributed by atoms with Crippen LogP contribution in [0.25, 0.3) is 0 Å². The van der Waals surface area contributed by atoms with E-state index >= 15 is 0 Å². The van der Waals surface area contributed by atoms with Crippen LogP contribution in [0.4, 0.5) is 0 Å². The number of hydrogen-bond donors (Lipinski definition) is 1. The van der Waals surface area contributed by atoms with Crippen molar-refractivity contribution in [3.05, 3.63) is 101 Å². The molecule has 0 bridgehead atoms. The van der Waals surface area contributed by atoms with Crippen LogP contribution in [-0.4, -0.2) is 17.1 Å². The fourth-order valence-corrected chi connectivity index (χ4v) is 3.25. The van der Waals surface area contributed by atoms with Crippen LogP contribution in [0.2, 0.25) is 0 Å². The van der Waals surface area contributed by atoms with Gasteiger partial charge in [-0.15, -0.1) is 0 Å². The topological polar surface area (TPSA) is 54.4 Å². The number of amides is 1. The molecule has 2 aromatic carbocycles. The molecule has 1 N–H and O–H groups in total. The van der Waals surface area contributed by atoms with Crippen LogP contribution in [0.1, 0.15) is 27.2 Å². The molecule has 3 aromatic rings. The van der Waals surface area contributed by atoms with Gasteiger partial charge in [-0.25, -0.2) is 5.43 Å². The Morgan fingerprint density at radius 3 is 2.31 bits per heavy atom. The molecule has 0 aliphatic heterocycles. The Morgan fingerprint density at radius 2 is 1.62 bits per heavy atom. The first-order valence-electron chi connectivity index (χ1n) is 8.26. The summed E-state index contributed by atoms with van der Waals surface area (Å²) in [5, 5.41) is 3.93. The maximum absolute atomic E-state index is 12.1. The number of pyridine rings is 1. The van der Waals surface area contributed by atoms with Crippen molar-refractivity contribution in [2.75, 3.05) is 0 Å². The molecule has 0 fully saturated rings. The summed E-state index contributed by atoms with van der Waals surface area (Å²) in [6.07, 6.45) is 3.20. The van der Waals surface area contributed by atoms with Gasteiger partial charge in [0, 0.05) is 23.3 Å². The Labute approximate surface area is 157 Å². The van der Waals surface area contributed by atoms with Gasteiger partial charge in [-0.3, -0.25) is 9.78 Å². The number of carbonyl (C=O) groups is 1. The monoisotopic (exact) mass is 361 g/mol. The van der Waals surface area contributed by atoms with E-state index in [9.17, 15) is 4.79 Å². The summed E-state index contributed by atoms with van der Waals surface area (Å²) >= 11 is 1.85. The van der Waals surface area contributed by atoms with E-state index in [4.69, 9.17) is 0 Å². The highest BCUT2D eigenvalue weighted by molar-refractivity contribution is 7.97. The van der Waals surface area contributed by atoms with Crippen LogP contribution in [-0.2, 0) is 11.5 Å². The highest BCUT2D eigenvalue weighted by atomic mass is 32.2. The van der Waals surface area contributed by atoms with Crippen LogP contribution in [0.5, 0.6) is 0 Å². The predicted molar refractivity (Wildman–Crippen MR) is 107 cm³/mol. The maximum Gasteiger partial charge on any atom is 0.271 e. The normalized spacial score (nSPS) is 10.8. The molecule has 1 aromatic heterocycles. The molecule has 0 aliphatic rings. The minimum atomic E-state index is -0.235. The molecule has 1 heterocycles. The first kappa shape index (κ1) is 17.9. The van der Waals surface area contributed by atoms with Gasteiger partial charge in [-0.1, -0.05) is 48.5 Å². The van der Waals surface area contributed by atoms with E-state index in [2.05, 4.69) is 39.8 Å². The number of nitrogens with one attached hydrogen (secondary N) is 1. The van der Waals surface area contributed by atoms with Crippen LogP contribution in [0.3, 0.4) is 0 Å². The Balaban J connectivity index is 1.47. The molecule has 26 heavy (non-hydrogen) atoms. The van der Waals surface area contributed by atoms with Crippen molar-refractivity contribution in [1.82, 2.24) is 10.4 Å². The zero-order chi connectivity index (χ0) is 18.0. The fraction of sp³-hybridized carbons (Fsp3) is 0.0952. The number of carbonyl (C=O) groups excluding carboxylic acids is 1. The smallest absolute Gasteiger partial charge is 0.267 e. The van der Waals surface area contributed by atoms with Gasteiger partial charge in [0.2, 0.25) is 0 Å². The lowest BCUT2D eigenvalue weighted by atomic mass is 10.1. The first-order valence-corrected chi connectivity index (χ1v) is 9.42. The fourth-order valence-electron chi connectivity index (χ4n) is 2.29. The zero-order valence-corrected chi connectivity index (χ0v) is 15.0. The number of thioether (sulfide) groups is 1. The quantitative estimate of drug-likeness (QED) is 0.505. The summed E-state index contributed by atoms with van der Waals surface area (Å²) in [4.78, 5) is 16.2. The number of hydrogen-bond acceptors (Lipinski definition) is 4. The van der Waals surface area contributed by atoms with Crippen LogP contribution in [0.15, 0.2) is 84.1 Å². The van der Waals surface area contributed by atoms with E-state index in [1.165, 1.54) is 17.3 Å². The Morgan fingerprint density at radius 1 is 0.923 bits per heavy atom. The molecule has 0 atom stereocenters. The zero-order valence-electron chi connectivity index (χ0n) is 14.2. The molecular weight excluding hydrogens is 342 g/mol. The second-order valence-corrected chi connectivity index (χ2v) is 6.61. The van der Waals surface area contributed by atoms with Crippen molar-refractivity contribution < 1.29 is 4.79 Å². The number of hydrazone groups is 1.